The number of halogens is 1. The molecule has 5 aromatic rings. The molecule has 0 radical (unpaired) electrons. The van der Waals surface area contributed by atoms with Gasteiger partial charge in [0.1, 0.15) is 30.0 Å². The van der Waals surface area contributed by atoms with Crippen molar-refractivity contribution in [3.63, 3.8) is 0 Å². The van der Waals surface area contributed by atoms with E-state index in [2.05, 4.69) is 0 Å². The van der Waals surface area contributed by atoms with Crippen LogP contribution in [-0.4, -0.2) is 24.3 Å². The fraction of sp³-hybridized carbons (Fsp3) is 0.171. The molecule has 1 atom stereocenters. The Morgan fingerprint density at radius 2 is 1.75 bits per heavy atom. The van der Waals surface area contributed by atoms with E-state index in [4.69, 9.17) is 19.2 Å². The molecule has 0 aliphatic carbocycles. The summed E-state index contributed by atoms with van der Waals surface area (Å²) >= 11 is 1.22. The Bertz CT molecular complexity index is 2110. The SMILES string of the molecule is CCOC(=O)C1=C(C)N=c2s/c(=C/c3ccccc3OCc3ccccc3F)c(=O)n2C1c1c(OC)ccc2ccccc12. The summed E-state index contributed by atoms with van der Waals surface area (Å²) in [5, 5.41) is 1.78. The number of ether oxygens (including phenoxy) is 3. The minimum atomic E-state index is -0.846. The van der Waals surface area contributed by atoms with Gasteiger partial charge in [-0.25, -0.2) is 14.2 Å². The standard InChI is InChI=1S/C35H29FN2O5S/c1-4-42-34(40)30-21(2)37-35-38(32(30)31-25-14-8-5-11-22(25)17-18-28(31)41-3)33(39)29(44-35)19-23-12-7-10-16-27(23)43-20-24-13-6-9-15-26(24)36/h5-19,32H,4,20H2,1-3H3/b29-19+. The van der Waals surface area contributed by atoms with Gasteiger partial charge in [0.25, 0.3) is 5.56 Å². The van der Waals surface area contributed by atoms with Gasteiger partial charge >= 0.3 is 5.97 Å². The molecule has 0 N–H and O–H groups in total. The first kappa shape index (κ1) is 29.1. The van der Waals surface area contributed by atoms with Gasteiger partial charge in [0.2, 0.25) is 0 Å². The summed E-state index contributed by atoms with van der Waals surface area (Å²) in [4.78, 5) is 32.9. The highest BCUT2D eigenvalue weighted by atomic mass is 32.1. The lowest BCUT2D eigenvalue weighted by atomic mass is 9.90. The lowest BCUT2D eigenvalue weighted by molar-refractivity contribution is -0.139. The zero-order chi connectivity index (χ0) is 30.8. The summed E-state index contributed by atoms with van der Waals surface area (Å²) in [5.74, 6) is 0.133. The first-order valence-electron chi connectivity index (χ1n) is 14.1. The topological polar surface area (TPSA) is 79.1 Å². The third-order valence-electron chi connectivity index (χ3n) is 7.49. The average molecular weight is 609 g/mol. The molecule has 0 fully saturated rings. The van der Waals surface area contributed by atoms with E-state index in [9.17, 15) is 14.0 Å². The Balaban J connectivity index is 1.53. The molecule has 1 aliphatic rings. The lowest BCUT2D eigenvalue weighted by Gasteiger charge is -2.27. The first-order valence-corrected chi connectivity index (χ1v) is 14.9. The zero-order valence-electron chi connectivity index (χ0n) is 24.4. The number of carbonyl (C=O) groups excluding carboxylic acids is 1. The van der Waals surface area contributed by atoms with E-state index in [1.807, 2.05) is 54.6 Å². The number of aromatic nitrogens is 1. The fourth-order valence-electron chi connectivity index (χ4n) is 5.44. The molecule has 1 aliphatic heterocycles. The van der Waals surface area contributed by atoms with E-state index in [0.717, 1.165) is 10.8 Å². The minimum absolute atomic E-state index is 0.0295. The summed E-state index contributed by atoms with van der Waals surface area (Å²) in [5.41, 5.74) is 2.15. The van der Waals surface area contributed by atoms with Gasteiger partial charge in [-0.2, -0.15) is 0 Å². The zero-order valence-corrected chi connectivity index (χ0v) is 25.2. The highest BCUT2D eigenvalue weighted by Crippen LogP contribution is 2.40. The number of allylic oxidation sites excluding steroid dienone is 1. The van der Waals surface area contributed by atoms with E-state index in [1.165, 1.54) is 17.4 Å². The molecule has 0 saturated heterocycles. The van der Waals surface area contributed by atoms with Crippen molar-refractivity contribution in [3.8, 4) is 11.5 Å². The number of hydrogen-bond donors (Lipinski definition) is 0. The van der Waals surface area contributed by atoms with Crippen LogP contribution in [0, 0.1) is 5.82 Å². The highest BCUT2D eigenvalue weighted by Gasteiger charge is 2.36. The molecule has 9 heteroatoms. The van der Waals surface area contributed by atoms with Crippen molar-refractivity contribution in [2.45, 2.75) is 26.5 Å². The molecule has 4 aromatic carbocycles. The summed E-state index contributed by atoms with van der Waals surface area (Å²) < 4.78 is 33.4. The Morgan fingerprint density at radius 1 is 1.00 bits per heavy atom. The molecular weight excluding hydrogens is 579 g/mol. The molecule has 222 valence electrons. The van der Waals surface area contributed by atoms with Crippen molar-refractivity contribution in [2.75, 3.05) is 13.7 Å². The lowest BCUT2D eigenvalue weighted by Crippen LogP contribution is -2.40. The van der Waals surface area contributed by atoms with Crippen molar-refractivity contribution >= 4 is 34.2 Å². The van der Waals surface area contributed by atoms with Crippen LogP contribution in [0.3, 0.4) is 0 Å². The second kappa shape index (κ2) is 12.3. The van der Waals surface area contributed by atoms with E-state index in [1.54, 1.807) is 55.9 Å². The number of esters is 1. The molecule has 2 heterocycles. The fourth-order valence-corrected chi connectivity index (χ4v) is 6.48. The Kier molecular flexibility index (Phi) is 8.13. The van der Waals surface area contributed by atoms with Crippen LogP contribution in [0.25, 0.3) is 16.8 Å². The Hall–Kier alpha value is -5.02. The summed E-state index contributed by atoms with van der Waals surface area (Å²) in [7, 11) is 1.57. The van der Waals surface area contributed by atoms with Crippen molar-refractivity contribution in [2.24, 2.45) is 4.99 Å². The van der Waals surface area contributed by atoms with Gasteiger partial charge in [-0.1, -0.05) is 78.1 Å². The van der Waals surface area contributed by atoms with E-state index >= 15 is 0 Å². The number of rotatable bonds is 8. The van der Waals surface area contributed by atoms with Crippen molar-refractivity contribution in [3.05, 3.63) is 138 Å². The summed E-state index contributed by atoms with van der Waals surface area (Å²) in [6.07, 6.45) is 1.74. The molecule has 1 aromatic heterocycles. The number of benzene rings is 4. The maximum Gasteiger partial charge on any atom is 0.338 e. The predicted octanol–water partition coefficient (Wildman–Crippen LogP) is 5.68. The molecule has 0 spiro atoms. The van der Waals surface area contributed by atoms with E-state index in [0.29, 0.717) is 43.2 Å². The van der Waals surface area contributed by atoms with Crippen LogP contribution in [0.15, 0.2) is 106 Å². The van der Waals surface area contributed by atoms with Gasteiger partial charge in [0.05, 0.1) is 29.5 Å². The second-order valence-corrected chi connectivity index (χ2v) is 11.1. The molecule has 6 rings (SSSR count). The number of hydrogen-bond acceptors (Lipinski definition) is 7. The minimum Gasteiger partial charge on any atom is -0.496 e. The number of fused-ring (bicyclic) bond motifs is 2. The number of carbonyl (C=O) groups is 1. The first-order chi connectivity index (χ1) is 21.4. The molecule has 0 bridgehead atoms. The molecule has 1 unspecified atom stereocenters. The predicted molar refractivity (Wildman–Crippen MR) is 168 cm³/mol. The molecule has 7 nitrogen and oxygen atoms in total. The molecule has 0 saturated carbocycles. The number of methoxy groups -OCH3 is 1. The molecule has 44 heavy (non-hydrogen) atoms. The van der Waals surface area contributed by atoms with Crippen LogP contribution >= 0.6 is 11.3 Å². The number of nitrogens with zero attached hydrogens (tertiary/aromatic N) is 2. The normalized spacial score (nSPS) is 14.7. The van der Waals surface area contributed by atoms with Crippen LogP contribution in [0.2, 0.25) is 0 Å². The van der Waals surface area contributed by atoms with Gasteiger partial charge in [-0.3, -0.25) is 9.36 Å². The van der Waals surface area contributed by atoms with Gasteiger partial charge in [0.15, 0.2) is 4.80 Å². The smallest absolute Gasteiger partial charge is 0.338 e. The van der Waals surface area contributed by atoms with Gasteiger partial charge < -0.3 is 14.2 Å². The third-order valence-corrected chi connectivity index (χ3v) is 8.47. The van der Waals surface area contributed by atoms with Crippen molar-refractivity contribution in [1.82, 2.24) is 4.57 Å². The maximum atomic E-state index is 14.3. The Morgan fingerprint density at radius 3 is 2.55 bits per heavy atom. The largest absolute Gasteiger partial charge is 0.496 e. The second-order valence-electron chi connectivity index (χ2n) is 10.1. The van der Waals surface area contributed by atoms with Crippen LogP contribution < -0.4 is 24.4 Å². The monoisotopic (exact) mass is 608 g/mol. The maximum absolute atomic E-state index is 14.3. The van der Waals surface area contributed by atoms with Crippen LogP contribution in [0.1, 0.15) is 36.6 Å². The summed E-state index contributed by atoms with van der Waals surface area (Å²) in [6.45, 7) is 3.69. The van der Waals surface area contributed by atoms with Crippen LogP contribution in [-0.2, 0) is 16.1 Å². The average Bonchev–Trinajstić information content (AvgIpc) is 3.33. The van der Waals surface area contributed by atoms with Crippen molar-refractivity contribution in [1.29, 1.82) is 0 Å². The highest BCUT2D eigenvalue weighted by molar-refractivity contribution is 7.07. The Labute approximate surface area is 256 Å². The van der Waals surface area contributed by atoms with E-state index < -0.39 is 12.0 Å². The molecule has 0 amide bonds. The quantitative estimate of drug-likeness (QED) is 0.212. The van der Waals surface area contributed by atoms with Crippen LogP contribution in [0.4, 0.5) is 4.39 Å². The summed E-state index contributed by atoms with van der Waals surface area (Å²) in [6, 6.07) is 24.4. The van der Waals surface area contributed by atoms with Crippen molar-refractivity contribution < 1.29 is 23.4 Å². The number of thiazole rings is 1. The number of para-hydroxylation sites is 1. The van der Waals surface area contributed by atoms with Gasteiger partial charge in [0, 0.05) is 16.7 Å². The van der Waals surface area contributed by atoms with E-state index in [-0.39, 0.29) is 30.2 Å². The van der Waals surface area contributed by atoms with Gasteiger partial charge in [-0.15, -0.1) is 0 Å². The van der Waals surface area contributed by atoms with Gasteiger partial charge in [-0.05, 0) is 48.9 Å². The third kappa shape index (κ3) is 5.31. The van der Waals surface area contributed by atoms with Crippen LogP contribution in [0.5, 0.6) is 11.5 Å². The molecular formula is C35H29FN2O5S.